The molecule has 0 fully saturated rings. The van der Waals surface area contributed by atoms with E-state index in [4.69, 9.17) is 29.0 Å². The van der Waals surface area contributed by atoms with Gasteiger partial charge in [0.1, 0.15) is 0 Å². The molecule has 0 saturated carbocycles. The number of Topliss-reactive ketones (excluding diaryl/α,β-unsaturated/α-hetero) is 1. The van der Waals surface area contributed by atoms with Gasteiger partial charge in [0.2, 0.25) is 5.78 Å². The zero-order valence-electron chi connectivity index (χ0n) is 12.3. The number of nitrogens with one attached hydrogen (secondary N) is 1. The largest absolute Gasteiger partial charge is 0.323 e. The maximum atomic E-state index is 12.4. The van der Waals surface area contributed by atoms with Crippen LogP contribution >= 0.6 is 23.2 Å². The van der Waals surface area contributed by atoms with Crippen LogP contribution in [-0.4, -0.2) is 17.7 Å². The van der Waals surface area contributed by atoms with Gasteiger partial charge in [-0.05, 0) is 25.1 Å². The number of nitrogens with two attached hydrogens (primary N) is 1. The smallest absolute Gasteiger partial charge is 0.214 e. The number of ketones is 1. The standard InChI is InChI=1S/C16H14Cl2N4O/c1-10-2-4-11(5-3-10)16(23)15(9-20-19)22-21-14-7-12(17)6-13(18)8-14/h2-9,21H,19H2,1H3/b20-9+,22-15+. The van der Waals surface area contributed by atoms with Crippen molar-refractivity contribution in [3.63, 3.8) is 0 Å². The van der Waals surface area contributed by atoms with Crippen molar-refractivity contribution < 1.29 is 4.79 Å². The zero-order chi connectivity index (χ0) is 16.8. The summed E-state index contributed by atoms with van der Waals surface area (Å²) in [5.74, 6) is 4.85. The molecule has 5 nitrogen and oxygen atoms in total. The van der Waals surface area contributed by atoms with Gasteiger partial charge in [-0.1, -0.05) is 53.0 Å². The van der Waals surface area contributed by atoms with Crippen molar-refractivity contribution in [3.8, 4) is 0 Å². The van der Waals surface area contributed by atoms with Gasteiger partial charge in [-0.3, -0.25) is 10.2 Å². The minimum atomic E-state index is -0.306. The van der Waals surface area contributed by atoms with E-state index in [0.717, 1.165) is 5.56 Å². The summed E-state index contributed by atoms with van der Waals surface area (Å²) < 4.78 is 0. The van der Waals surface area contributed by atoms with E-state index in [1.54, 1.807) is 30.3 Å². The van der Waals surface area contributed by atoms with Gasteiger partial charge in [0.05, 0.1) is 11.9 Å². The van der Waals surface area contributed by atoms with E-state index >= 15 is 0 Å². The molecule has 0 aliphatic carbocycles. The highest BCUT2D eigenvalue weighted by atomic mass is 35.5. The first-order valence-electron chi connectivity index (χ1n) is 6.64. The predicted octanol–water partition coefficient (Wildman–Crippen LogP) is 3.90. The normalized spacial score (nSPS) is 11.7. The molecule has 0 heterocycles. The Bertz CT molecular complexity index is 750. The summed E-state index contributed by atoms with van der Waals surface area (Å²) in [6, 6.07) is 12.0. The van der Waals surface area contributed by atoms with E-state index in [0.29, 0.717) is 21.3 Å². The Hall–Kier alpha value is -2.37. The zero-order valence-corrected chi connectivity index (χ0v) is 13.8. The fourth-order valence-corrected chi connectivity index (χ4v) is 2.33. The Labute approximate surface area is 143 Å². The molecule has 0 atom stereocenters. The minimum Gasteiger partial charge on any atom is -0.323 e. The highest BCUT2D eigenvalue weighted by molar-refractivity contribution is 6.64. The second kappa shape index (κ2) is 7.76. The Balaban J connectivity index is 2.26. The molecular weight excluding hydrogens is 335 g/mol. The van der Waals surface area contributed by atoms with Crippen LogP contribution in [-0.2, 0) is 0 Å². The molecule has 0 bridgehead atoms. The molecule has 0 aliphatic rings. The number of hydrazone groups is 2. The van der Waals surface area contributed by atoms with Crippen LogP contribution in [0.2, 0.25) is 10.0 Å². The van der Waals surface area contributed by atoms with E-state index < -0.39 is 0 Å². The molecule has 0 amide bonds. The third-order valence-electron chi connectivity index (χ3n) is 2.91. The molecule has 118 valence electrons. The predicted molar refractivity (Wildman–Crippen MR) is 95.7 cm³/mol. The highest BCUT2D eigenvalue weighted by Crippen LogP contribution is 2.22. The molecule has 3 N–H and O–H groups in total. The number of carbonyl (C=O) groups is 1. The topological polar surface area (TPSA) is 79.8 Å². The van der Waals surface area contributed by atoms with Gasteiger partial charge in [0.25, 0.3) is 0 Å². The second-order valence-electron chi connectivity index (χ2n) is 4.74. The first kappa shape index (κ1) is 17.0. The number of hydrogen-bond acceptors (Lipinski definition) is 5. The molecule has 0 unspecified atom stereocenters. The second-order valence-corrected chi connectivity index (χ2v) is 5.61. The van der Waals surface area contributed by atoms with Gasteiger partial charge in [-0.25, -0.2) is 0 Å². The first-order chi connectivity index (χ1) is 11.0. The Morgan fingerprint density at radius 2 is 1.74 bits per heavy atom. The van der Waals surface area contributed by atoms with Gasteiger partial charge >= 0.3 is 0 Å². The van der Waals surface area contributed by atoms with Crippen molar-refractivity contribution in [2.45, 2.75) is 6.92 Å². The summed E-state index contributed by atoms with van der Waals surface area (Å²) in [5.41, 5.74) is 4.87. The summed E-state index contributed by atoms with van der Waals surface area (Å²) in [7, 11) is 0. The Kier molecular flexibility index (Phi) is 5.73. The van der Waals surface area contributed by atoms with E-state index in [1.807, 2.05) is 19.1 Å². The molecule has 0 aliphatic heterocycles. The fourth-order valence-electron chi connectivity index (χ4n) is 1.80. The van der Waals surface area contributed by atoms with E-state index in [1.165, 1.54) is 6.21 Å². The van der Waals surface area contributed by atoms with Gasteiger partial charge < -0.3 is 5.84 Å². The van der Waals surface area contributed by atoms with Crippen LogP contribution in [0, 0.1) is 6.92 Å². The monoisotopic (exact) mass is 348 g/mol. The lowest BCUT2D eigenvalue weighted by Gasteiger charge is -2.05. The summed E-state index contributed by atoms with van der Waals surface area (Å²) in [6.07, 6.45) is 1.18. The lowest BCUT2D eigenvalue weighted by atomic mass is 10.1. The number of carbonyl (C=O) groups excluding carboxylic acids is 1. The van der Waals surface area contributed by atoms with E-state index in [9.17, 15) is 4.79 Å². The number of nitrogens with zero attached hydrogens (tertiary/aromatic N) is 2. The molecular formula is C16H14Cl2N4O. The number of halogens is 2. The number of benzene rings is 2. The van der Waals surface area contributed by atoms with E-state index in [2.05, 4.69) is 15.6 Å². The van der Waals surface area contributed by atoms with Gasteiger partial charge in [-0.2, -0.15) is 10.2 Å². The molecule has 23 heavy (non-hydrogen) atoms. The molecule has 0 radical (unpaired) electrons. The molecule has 7 heteroatoms. The third-order valence-corrected chi connectivity index (χ3v) is 3.35. The van der Waals surface area contributed by atoms with Gasteiger partial charge in [0, 0.05) is 15.6 Å². The van der Waals surface area contributed by atoms with Crippen molar-refractivity contribution in [1.29, 1.82) is 0 Å². The van der Waals surface area contributed by atoms with Gasteiger partial charge in [-0.15, -0.1) is 0 Å². The van der Waals surface area contributed by atoms with Gasteiger partial charge in [0.15, 0.2) is 5.71 Å². The lowest BCUT2D eigenvalue weighted by molar-refractivity contribution is 0.106. The van der Waals surface area contributed by atoms with Crippen molar-refractivity contribution in [2.75, 3.05) is 5.43 Å². The molecule has 2 aromatic carbocycles. The molecule has 0 saturated heterocycles. The summed E-state index contributed by atoms with van der Waals surface area (Å²) in [4.78, 5) is 12.4. The molecule has 2 rings (SSSR count). The van der Waals surface area contributed by atoms with Crippen LogP contribution in [0.25, 0.3) is 0 Å². The quantitative estimate of drug-likeness (QED) is 0.372. The highest BCUT2D eigenvalue weighted by Gasteiger charge is 2.12. The maximum absolute atomic E-state index is 12.4. The van der Waals surface area contributed by atoms with Crippen LogP contribution in [0.4, 0.5) is 5.69 Å². The number of hydrogen-bond donors (Lipinski definition) is 2. The summed E-state index contributed by atoms with van der Waals surface area (Å²) >= 11 is 11.8. The van der Waals surface area contributed by atoms with E-state index in [-0.39, 0.29) is 11.5 Å². The number of anilines is 1. The fraction of sp³-hybridized carbons (Fsp3) is 0.0625. The lowest BCUT2D eigenvalue weighted by Crippen LogP contribution is -2.18. The van der Waals surface area contributed by atoms with Crippen LogP contribution in [0.5, 0.6) is 0 Å². The molecule has 2 aromatic rings. The Morgan fingerprint density at radius 1 is 1.13 bits per heavy atom. The minimum absolute atomic E-state index is 0.0625. The van der Waals surface area contributed by atoms with Crippen molar-refractivity contribution in [3.05, 3.63) is 63.6 Å². The van der Waals surface area contributed by atoms with Crippen LogP contribution in [0.15, 0.2) is 52.7 Å². The third kappa shape index (κ3) is 4.81. The van der Waals surface area contributed by atoms with Crippen LogP contribution in [0.1, 0.15) is 15.9 Å². The maximum Gasteiger partial charge on any atom is 0.214 e. The average molecular weight is 349 g/mol. The number of rotatable bonds is 5. The molecule has 0 spiro atoms. The SMILES string of the molecule is Cc1ccc(C(=O)C(/C=N/N)=N/Nc2cc(Cl)cc(Cl)c2)cc1. The van der Waals surface area contributed by atoms with Crippen molar-refractivity contribution in [2.24, 2.45) is 16.0 Å². The summed E-state index contributed by atoms with van der Waals surface area (Å²) in [5, 5.41) is 8.32. The van der Waals surface area contributed by atoms with Crippen molar-refractivity contribution in [1.82, 2.24) is 0 Å². The van der Waals surface area contributed by atoms with Crippen LogP contribution < -0.4 is 11.3 Å². The molecule has 0 aromatic heterocycles. The van der Waals surface area contributed by atoms with Crippen molar-refractivity contribution >= 4 is 46.6 Å². The Morgan fingerprint density at radius 3 is 2.30 bits per heavy atom. The first-order valence-corrected chi connectivity index (χ1v) is 7.39. The summed E-state index contributed by atoms with van der Waals surface area (Å²) in [6.45, 7) is 1.94. The van der Waals surface area contributed by atoms with Crippen LogP contribution in [0.3, 0.4) is 0 Å². The average Bonchev–Trinajstić information content (AvgIpc) is 2.50. The number of aryl methyl sites for hydroxylation is 1.